The van der Waals surface area contributed by atoms with E-state index in [1.54, 1.807) is 6.07 Å². The van der Waals surface area contributed by atoms with Crippen LogP contribution < -0.4 is 10.9 Å². The molecule has 8 heteroatoms. The van der Waals surface area contributed by atoms with E-state index >= 15 is 0 Å². The molecule has 2 aromatic carbocycles. The summed E-state index contributed by atoms with van der Waals surface area (Å²) in [6.07, 6.45) is 2.90. The van der Waals surface area contributed by atoms with Crippen LogP contribution in [0.4, 0.5) is 5.69 Å². The van der Waals surface area contributed by atoms with Crippen LogP contribution in [-0.2, 0) is 21.4 Å². The fraction of sp³-hybridized carbons (Fsp3) is 0.238. The zero-order valence-electron chi connectivity index (χ0n) is 15.7. The molecule has 0 aliphatic carbocycles. The van der Waals surface area contributed by atoms with Gasteiger partial charge < -0.3 is 9.88 Å². The van der Waals surface area contributed by atoms with E-state index in [0.29, 0.717) is 18.8 Å². The quantitative estimate of drug-likeness (QED) is 0.698. The number of carbonyl (C=O) groups is 1. The molecule has 1 aromatic heterocycles. The Morgan fingerprint density at radius 1 is 0.966 bits per heavy atom. The third-order valence-electron chi connectivity index (χ3n) is 5.04. The summed E-state index contributed by atoms with van der Waals surface area (Å²) in [5.41, 5.74) is 0.209. The summed E-state index contributed by atoms with van der Waals surface area (Å²) < 4.78 is 28.0. The van der Waals surface area contributed by atoms with Gasteiger partial charge in [0.25, 0.3) is 5.56 Å². The number of sulfonamides is 1. The third-order valence-corrected chi connectivity index (χ3v) is 6.92. The number of aromatic nitrogens is 1. The molecule has 150 valence electrons. The number of hydrogen-bond donors (Lipinski definition) is 1. The number of rotatable bonds is 5. The molecule has 0 saturated carbocycles. The van der Waals surface area contributed by atoms with Crippen molar-refractivity contribution in [2.24, 2.45) is 0 Å². The van der Waals surface area contributed by atoms with E-state index < -0.39 is 21.5 Å². The van der Waals surface area contributed by atoms with Crippen molar-refractivity contribution in [2.45, 2.75) is 24.3 Å². The van der Waals surface area contributed by atoms with Gasteiger partial charge in [-0.2, -0.15) is 4.31 Å². The molecule has 29 heavy (non-hydrogen) atoms. The molecule has 1 amide bonds. The topological polar surface area (TPSA) is 88.5 Å². The number of amides is 1. The molecule has 0 radical (unpaired) electrons. The van der Waals surface area contributed by atoms with E-state index in [1.165, 1.54) is 22.6 Å². The Morgan fingerprint density at radius 2 is 1.69 bits per heavy atom. The lowest BCUT2D eigenvalue weighted by Crippen LogP contribution is -2.31. The van der Waals surface area contributed by atoms with Crippen LogP contribution in [0.3, 0.4) is 0 Å². The molecule has 7 nitrogen and oxygen atoms in total. The lowest BCUT2D eigenvalue weighted by molar-refractivity contribution is -0.116. The first-order valence-corrected chi connectivity index (χ1v) is 10.9. The molecule has 1 aliphatic heterocycles. The second kappa shape index (κ2) is 7.81. The van der Waals surface area contributed by atoms with E-state index in [4.69, 9.17) is 0 Å². The van der Waals surface area contributed by atoms with Gasteiger partial charge in [-0.15, -0.1) is 0 Å². The van der Waals surface area contributed by atoms with Crippen LogP contribution in [0, 0.1) is 0 Å². The van der Waals surface area contributed by atoms with Gasteiger partial charge in [-0.25, -0.2) is 8.42 Å². The number of fused-ring (bicyclic) bond motifs is 1. The van der Waals surface area contributed by atoms with E-state index in [0.717, 1.165) is 28.2 Å². The van der Waals surface area contributed by atoms with Crippen LogP contribution in [0.2, 0.25) is 0 Å². The Hall–Kier alpha value is -2.97. The maximum absolute atomic E-state index is 12.7. The van der Waals surface area contributed by atoms with Gasteiger partial charge in [-0.1, -0.05) is 36.4 Å². The Balaban J connectivity index is 1.57. The zero-order valence-corrected chi connectivity index (χ0v) is 16.6. The first-order valence-electron chi connectivity index (χ1n) is 9.43. The molecular weight excluding hydrogens is 390 g/mol. The first-order chi connectivity index (χ1) is 13.9. The standard InChI is InChI=1S/C21H21N3O4S/c25-20(22-19-9-5-7-16-6-1-2-8-18(16)19)15-23-14-17(10-11-21(23)26)29(27,28)24-12-3-4-13-24/h1-2,5-11,14H,3-4,12-13,15H2,(H,22,25). The zero-order chi connectivity index (χ0) is 20.4. The van der Waals surface area contributed by atoms with Crippen molar-refractivity contribution in [1.29, 1.82) is 0 Å². The largest absolute Gasteiger partial charge is 0.324 e. The highest BCUT2D eigenvalue weighted by atomic mass is 32.2. The number of nitrogens with one attached hydrogen (secondary N) is 1. The number of hydrogen-bond acceptors (Lipinski definition) is 4. The molecular formula is C21H21N3O4S. The van der Waals surface area contributed by atoms with Crippen LogP contribution in [0.15, 0.2) is 70.5 Å². The van der Waals surface area contributed by atoms with Gasteiger partial charge in [0.2, 0.25) is 15.9 Å². The minimum Gasteiger partial charge on any atom is -0.324 e. The highest BCUT2D eigenvalue weighted by Gasteiger charge is 2.27. The highest BCUT2D eigenvalue weighted by Crippen LogP contribution is 2.23. The summed E-state index contributed by atoms with van der Waals surface area (Å²) in [5, 5.41) is 4.69. The van der Waals surface area contributed by atoms with Crippen LogP contribution in [0.5, 0.6) is 0 Å². The lowest BCUT2D eigenvalue weighted by atomic mass is 10.1. The SMILES string of the molecule is O=C(Cn1cc(S(=O)(=O)N2CCCC2)ccc1=O)Nc1cccc2ccccc12. The summed E-state index contributed by atoms with van der Waals surface area (Å²) in [6, 6.07) is 15.7. The maximum atomic E-state index is 12.7. The molecule has 1 aliphatic rings. The van der Waals surface area contributed by atoms with Gasteiger partial charge >= 0.3 is 0 Å². The fourth-order valence-corrected chi connectivity index (χ4v) is 5.08. The van der Waals surface area contributed by atoms with Crippen molar-refractivity contribution in [3.8, 4) is 0 Å². The maximum Gasteiger partial charge on any atom is 0.251 e. The van der Waals surface area contributed by atoms with Gasteiger partial charge in [-0.3, -0.25) is 9.59 Å². The highest BCUT2D eigenvalue weighted by molar-refractivity contribution is 7.89. The second-order valence-corrected chi connectivity index (χ2v) is 8.95. The van der Waals surface area contributed by atoms with Crippen LogP contribution in [0.1, 0.15) is 12.8 Å². The first kappa shape index (κ1) is 19.4. The minimum absolute atomic E-state index is 0.0250. The van der Waals surface area contributed by atoms with E-state index in [-0.39, 0.29) is 11.4 Å². The minimum atomic E-state index is -3.66. The van der Waals surface area contributed by atoms with Crippen LogP contribution >= 0.6 is 0 Å². The van der Waals surface area contributed by atoms with Crippen molar-refractivity contribution >= 4 is 32.4 Å². The molecule has 1 saturated heterocycles. The van der Waals surface area contributed by atoms with Gasteiger partial charge in [0, 0.05) is 36.4 Å². The summed E-state index contributed by atoms with van der Waals surface area (Å²) in [4.78, 5) is 24.8. The molecule has 2 heterocycles. The number of nitrogens with zero attached hydrogens (tertiary/aromatic N) is 2. The lowest BCUT2D eigenvalue weighted by Gasteiger charge is -2.16. The van der Waals surface area contributed by atoms with E-state index in [9.17, 15) is 18.0 Å². The Morgan fingerprint density at radius 3 is 2.48 bits per heavy atom. The predicted octanol–water partition coefficient (Wildman–Crippen LogP) is 2.42. The molecule has 4 rings (SSSR count). The molecule has 0 unspecified atom stereocenters. The van der Waals surface area contributed by atoms with E-state index in [1.807, 2.05) is 36.4 Å². The van der Waals surface area contributed by atoms with Crippen molar-refractivity contribution < 1.29 is 13.2 Å². The summed E-state index contributed by atoms with van der Waals surface area (Å²) in [5.74, 6) is -0.404. The smallest absolute Gasteiger partial charge is 0.251 e. The Labute approximate surface area is 168 Å². The molecule has 3 aromatic rings. The van der Waals surface area contributed by atoms with Gasteiger partial charge in [0.1, 0.15) is 6.54 Å². The molecule has 0 spiro atoms. The Kier molecular flexibility index (Phi) is 5.21. The van der Waals surface area contributed by atoms with Gasteiger partial charge in [0.05, 0.1) is 4.90 Å². The monoisotopic (exact) mass is 411 g/mol. The molecule has 0 atom stereocenters. The van der Waals surface area contributed by atoms with E-state index in [2.05, 4.69) is 5.32 Å². The van der Waals surface area contributed by atoms with Crippen LogP contribution in [-0.4, -0.2) is 36.3 Å². The number of anilines is 1. The summed E-state index contributed by atoms with van der Waals surface area (Å²) in [7, 11) is -3.66. The van der Waals surface area contributed by atoms with Crippen molar-refractivity contribution in [1.82, 2.24) is 8.87 Å². The van der Waals surface area contributed by atoms with Crippen molar-refractivity contribution in [3.63, 3.8) is 0 Å². The summed E-state index contributed by atoms with van der Waals surface area (Å²) >= 11 is 0. The third kappa shape index (κ3) is 3.94. The Bertz CT molecular complexity index is 1220. The summed E-state index contributed by atoms with van der Waals surface area (Å²) in [6.45, 7) is 0.678. The van der Waals surface area contributed by atoms with Gasteiger partial charge in [0.15, 0.2) is 0 Å². The molecule has 1 N–H and O–H groups in total. The second-order valence-electron chi connectivity index (χ2n) is 7.02. The average Bonchev–Trinajstić information content (AvgIpc) is 3.26. The van der Waals surface area contributed by atoms with Crippen LogP contribution in [0.25, 0.3) is 10.8 Å². The predicted molar refractivity (Wildman–Crippen MR) is 111 cm³/mol. The average molecular weight is 411 g/mol. The molecule has 0 bridgehead atoms. The number of benzene rings is 2. The van der Waals surface area contributed by atoms with Crippen molar-refractivity contribution in [2.75, 3.05) is 18.4 Å². The van der Waals surface area contributed by atoms with Crippen molar-refractivity contribution in [3.05, 3.63) is 71.1 Å². The number of carbonyl (C=O) groups excluding carboxylic acids is 1. The normalized spacial score (nSPS) is 14.9. The molecule has 1 fully saturated rings. The van der Waals surface area contributed by atoms with Gasteiger partial charge in [-0.05, 0) is 30.4 Å². The number of pyridine rings is 1. The fourth-order valence-electron chi connectivity index (χ4n) is 3.54.